The smallest absolute Gasteiger partial charge is 0.317 e. The molecule has 0 bridgehead atoms. The van der Waals surface area contributed by atoms with Crippen LogP contribution in [0.2, 0.25) is 0 Å². The molecule has 1 N–H and O–H groups in total. The number of ether oxygens (including phenoxy) is 3. The minimum Gasteiger partial charge on any atom is -0.497 e. The van der Waals surface area contributed by atoms with Crippen molar-refractivity contribution < 1.29 is 23.8 Å². The number of rotatable bonds is 9. The average molecular weight is 497 g/mol. The summed E-state index contributed by atoms with van der Waals surface area (Å²) in [5, 5.41) is 2.99. The Labute approximate surface area is 212 Å². The van der Waals surface area contributed by atoms with Gasteiger partial charge in [0.1, 0.15) is 5.75 Å². The third kappa shape index (κ3) is 7.43. The third-order valence-corrected chi connectivity index (χ3v) is 6.55. The molecule has 0 spiro atoms. The highest BCUT2D eigenvalue weighted by Gasteiger charge is 2.28. The normalized spacial score (nSPS) is 18.5. The molecule has 0 saturated carbocycles. The molecule has 1 atom stereocenters. The highest BCUT2D eigenvalue weighted by Crippen LogP contribution is 2.15. The number of benzene rings is 2. The first-order valence-electron chi connectivity index (χ1n) is 12.5. The number of morpholine rings is 2. The molecule has 2 heterocycles. The summed E-state index contributed by atoms with van der Waals surface area (Å²) in [6, 6.07) is 16.9. The van der Waals surface area contributed by atoms with E-state index in [2.05, 4.69) is 10.2 Å². The Morgan fingerprint density at radius 2 is 1.78 bits per heavy atom. The summed E-state index contributed by atoms with van der Waals surface area (Å²) in [6.07, 6.45) is -0.256. The van der Waals surface area contributed by atoms with Crippen LogP contribution in [0.25, 0.3) is 0 Å². The monoisotopic (exact) mass is 496 g/mol. The van der Waals surface area contributed by atoms with Gasteiger partial charge < -0.3 is 29.3 Å². The highest BCUT2D eigenvalue weighted by atomic mass is 16.5. The summed E-state index contributed by atoms with van der Waals surface area (Å²) in [5.74, 6) is 0.652. The van der Waals surface area contributed by atoms with Crippen molar-refractivity contribution in [3.8, 4) is 5.75 Å². The van der Waals surface area contributed by atoms with Crippen LogP contribution < -0.4 is 10.1 Å². The van der Waals surface area contributed by atoms with Crippen molar-refractivity contribution in [1.82, 2.24) is 20.0 Å². The lowest BCUT2D eigenvalue weighted by molar-refractivity contribution is -0.0297. The maximum absolute atomic E-state index is 13.5. The van der Waals surface area contributed by atoms with Crippen molar-refractivity contribution in [2.24, 2.45) is 0 Å². The number of nitrogens with one attached hydrogen (secondary N) is 1. The number of hydrogen-bond acceptors (Lipinski definition) is 6. The van der Waals surface area contributed by atoms with Gasteiger partial charge in [0, 0.05) is 51.4 Å². The van der Waals surface area contributed by atoms with Crippen molar-refractivity contribution in [2.75, 3.05) is 72.7 Å². The number of nitrogens with zero attached hydrogens (tertiary/aromatic N) is 3. The van der Waals surface area contributed by atoms with Crippen LogP contribution in [0, 0.1) is 0 Å². The largest absolute Gasteiger partial charge is 0.497 e. The van der Waals surface area contributed by atoms with Gasteiger partial charge in [0.25, 0.3) is 5.91 Å². The Morgan fingerprint density at radius 1 is 1.03 bits per heavy atom. The molecule has 0 aliphatic carbocycles. The van der Waals surface area contributed by atoms with Gasteiger partial charge >= 0.3 is 6.03 Å². The van der Waals surface area contributed by atoms with Crippen LogP contribution in [0.1, 0.15) is 15.9 Å². The van der Waals surface area contributed by atoms with E-state index < -0.39 is 0 Å². The lowest BCUT2D eigenvalue weighted by atomic mass is 10.1. The van der Waals surface area contributed by atoms with Crippen LogP contribution in [0.4, 0.5) is 4.79 Å². The van der Waals surface area contributed by atoms with E-state index >= 15 is 0 Å². The highest BCUT2D eigenvalue weighted by molar-refractivity contribution is 5.94. The lowest BCUT2D eigenvalue weighted by Gasteiger charge is -2.36. The molecule has 2 saturated heterocycles. The Morgan fingerprint density at radius 3 is 2.50 bits per heavy atom. The first-order chi connectivity index (χ1) is 17.6. The number of urea groups is 1. The van der Waals surface area contributed by atoms with E-state index in [-0.39, 0.29) is 18.0 Å². The molecular formula is C27H36N4O5. The van der Waals surface area contributed by atoms with E-state index in [4.69, 9.17) is 14.2 Å². The Balaban J connectivity index is 1.37. The molecule has 2 aliphatic rings. The molecule has 9 heteroatoms. The molecule has 0 unspecified atom stereocenters. The first kappa shape index (κ1) is 25.9. The summed E-state index contributed by atoms with van der Waals surface area (Å²) < 4.78 is 16.7. The fourth-order valence-corrected chi connectivity index (χ4v) is 4.42. The van der Waals surface area contributed by atoms with E-state index in [1.807, 2.05) is 35.2 Å². The fraction of sp³-hybridized carbons (Fsp3) is 0.481. The van der Waals surface area contributed by atoms with Crippen LogP contribution in [-0.2, 0) is 16.0 Å². The number of carbonyl (C=O) groups excluding carboxylic acids is 2. The summed E-state index contributed by atoms with van der Waals surface area (Å²) in [5.41, 5.74) is 1.65. The SMILES string of the molecule is COc1ccc(C(=O)N(CCN2CCOCC2)C[C@@H]2CN(C(=O)NCc3ccccc3)CCO2)cc1. The van der Waals surface area contributed by atoms with Gasteiger partial charge in [0.2, 0.25) is 0 Å². The van der Waals surface area contributed by atoms with E-state index in [0.29, 0.717) is 63.9 Å². The molecule has 194 valence electrons. The fourth-order valence-electron chi connectivity index (χ4n) is 4.42. The van der Waals surface area contributed by atoms with Gasteiger partial charge in [-0.05, 0) is 29.8 Å². The summed E-state index contributed by atoms with van der Waals surface area (Å²) >= 11 is 0. The predicted octanol–water partition coefficient (Wildman–Crippen LogP) is 2.08. The maximum atomic E-state index is 13.5. The van der Waals surface area contributed by atoms with Gasteiger partial charge in [-0.2, -0.15) is 0 Å². The molecule has 2 fully saturated rings. The molecule has 0 radical (unpaired) electrons. The van der Waals surface area contributed by atoms with Crippen LogP contribution >= 0.6 is 0 Å². The maximum Gasteiger partial charge on any atom is 0.317 e. The van der Waals surface area contributed by atoms with E-state index in [0.717, 1.165) is 25.2 Å². The van der Waals surface area contributed by atoms with Crippen LogP contribution in [0.5, 0.6) is 5.75 Å². The molecule has 3 amide bonds. The van der Waals surface area contributed by atoms with E-state index in [1.165, 1.54) is 0 Å². The molecule has 4 rings (SSSR count). The Hall–Kier alpha value is -3.14. The molecule has 0 aromatic heterocycles. The zero-order chi connectivity index (χ0) is 25.2. The number of carbonyl (C=O) groups is 2. The van der Waals surface area contributed by atoms with Gasteiger partial charge in [-0.3, -0.25) is 9.69 Å². The predicted molar refractivity (Wildman–Crippen MR) is 136 cm³/mol. The molecule has 36 heavy (non-hydrogen) atoms. The average Bonchev–Trinajstić information content (AvgIpc) is 2.95. The molecule has 2 aliphatic heterocycles. The van der Waals surface area contributed by atoms with Gasteiger partial charge in [0.15, 0.2) is 0 Å². The topological polar surface area (TPSA) is 83.6 Å². The second kappa shape index (κ2) is 13.2. The van der Waals surface area contributed by atoms with Gasteiger partial charge in [-0.15, -0.1) is 0 Å². The standard InChI is InChI=1S/C27H36N4O5/c1-34-24-9-7-23(8-10-24)26(32)30(12-11-29-13-16-35-17-14-29)20-25-21-31(15-18-36-25)27(33)28-19-22-5-3-2-4-6-22/h2-10,25H,11-21H2,1H3,(H,28,33)/t25-/m1/s1. The van der Waals surface area contributed by atoms with E-state index in [1.54, 1.807) is 36.3 Å². The van der Waals surface area contributed by atoms with Crippen molar-refractivity contribution in [2.45, 2.75) is 12.6 Å². The Bertz CT molecular complexity index is 966. The first-order valence-corrected chi connectivity index (χ1v) is 12.5. The quantitative estimate of drug-likeness (QED) is 0.573. The molecule has 2 aromatic rings. The molecular weight excluding hydrogens is 460 g/mol. The minimum atomic E-state index is -0.256. The van der Waals surface area contributed by atoms with Crippen LogP contribution in [-0.4, -0.2) is 105 Å². The zero-order valence-electron chi connectivity index (χ0n) is 20.9. The Kier molecular flexibility index (Phi) is 9.54. The number of amides is 3. The molecule has 9 nitrogen and oxygen atoms in total. The summed E-state index contributed by atoms with van der Waals surface area (Å²) in [4.78, 5) is 32.2. The van der Waals surface area contributed by atoms with Gasteiger partial charge in [-0.1, -0.05) is 30.3 Å². The third-order valence-electron chi connectivity index (χ3n) is 6.55. The second-order valence-electron chi connectivity index (χ2n) is 9.02. The number of hydrogen-bond donors (Lipinski definition) is 1. The van der Waals surface area contributed by atoms with Crippen molar-refractivity contribution in [3.63, 3.8) is 0 Å². The van der Waals surface area contributed by atoms with Crippen molar-refractivity contribution in [3.05, 3.63) is 65.7 Å². The van der Waals surface area contributed by atoms with Crippen LogP contribution in [0.15, 0.2) is 54.6 Å². The van der Waals surface area contributed by atoms with Gasteiger partial charge in [0.05, 0.1) is 39.6 Å². The molecule has 2 aromatic carbocycles. The van der Waals surface area contributed by atoms with Crippen molar-refractivity contribution >= 4 is 11.9 Å². The lowest BCUT2D eigenvalue weighted by Crippen LogP contribution is -2.53. The van der Waals surface area contributed by atoms with Crippen molar-refractivity contribution in [1.29, 1.82) is 0 Å². The number of methoxy groups -OCH3 is 1. The summed E-state index contributed by atoms with van der Waals surface area (Å²) in [7, 11) is 1.60. The second-order valence-corrected chi connectivity index (χ2v) is 9.02. The van der Waals surface area contributed by atoms with Gasteiger partial charge in [-0.25, -0.2) is 4.79 Å². The zero-order valence-corrected chi connectivity index (χ0v) is 20.9. The summed E-state index contributed by atoms with van der Waals surface area (Å²) in [6.45, 7) is 6.78. The minimum absolute atomic E-state index is 0.0554. The van der Waals surface area contributed by atoms with E-state index in [9.17, 15) is 9.59 Å². The van der Waals surface area contributed by atoms with Crippen LogP contribution in [0.3, 0.4) is 0 Å².